The number of benzene rings is 1. The molecule has 1 aliphatic carbocycles. The average Bonchev–Trinajstić information content (AvgIpc) is 3.37. The number of rotatable bonds is 7. The topological polar surface area (TPSA) is 82.5 Å². The number of carbonyl (C=O) groups excluding carboxylic acids is 2. The summed E-state index contributed by atoms with van der Waals surface area (Å²) >= 11 is 7.33. The molecule has 9 heteroatoms. The van der Waals surface area contributed by atoms with Gasteiger partial charge in [-0.1, -0.05) is 11.6 Å². The van der Waals surface area contributed by atoms with Crippen LogP contribution in [0.5, 0.6) is 5.75 Å². The molecule has 7 nitrogen and oxygen atoms in total. The van der Waals surface area contributed by atoms with Crippen LogP contribution >= 0.6 is 22.9 Å². The Balaban J connectivity index is 1.47. The van der Waals surface area contributed by atoms with Gasteiger partial charge >= 0.3 is 5.97 Å². The first-order chi connectivity index (χ1) is 15.4. The van der Waals surface area contributed by atoms with Crippen LogP contribution in [0.15, 0.2) is 36.5 Å². The lowest BCUT2D eigenvalue weighted by atomic mass is 9.95. The van der Waals surface area contributed by atoms with Crippen LogP contribution in [0.25, 0.3) is 0 Å². The van der Waals surface area contributed by atoms with Crippen molar-refractivity contribution >= 4 is 39.8 Å². The molecule has 0 saturated carbocycles. The van der Waals surface area contributed by atoms with Crippen molar-refractivity contribution in [1.82, 2.24) is 9.78 Å². The van der Waals surface area contributed by atoms with E-state index in [4.69, 9.17) is 21.1 Å². The number of ether oxygens (including phenoxy) is 2. The number of halogens is 1. The van der Waals surface area contributed by atoms with E-state index in [-0.39, 0.29) is 24.4 Å². The number of nitrogens with zero attached hydrogens (tertiary/aromatic N) is 2. The average molecular weight is 474 g/mol. The number of aromatic nitrogens is 2. The molecule has 0 bridgehead atoms. The van der Waals surface area contributed by atoms with Crippen molar-refractivity contribution in [2.45, 2.75) is 52.4 Å². The highest BCUT2D eigenvalue weighted by Crippen LogP contribution is 2.39. The predicted octanol–water partition coefficient (Wildman–Crippen LogP) is 5.33. The monoisotopic (exact) mass is 473 g/mol. The summed E-state index contributed by atoms with van der Waals surface area (Å²) < 4.78 is 12.6. The van der Waals surface area contributed by atoms with Gasteiger partial charge in [-0.25, -0.2) is 9.48 Å². The molecule has 0 radical (unpaired) electrons. The summed E-state index contributed by atoms with van der Waals surface area (Å²) in [6.45, 7) is 3.77. The zero-order valence-electron chi connectivity index (χ0n) is 17.9. The minimum Gasteiger partial charge on any atom is -0.471 e. The van der Waals surface area contributed by atoms with Crippen molar-refractivity contribution in [2.75, 3.05) is 5.32 Å². The summed E-state index contributed by atoms with van der Waals surface area (Å²) in [5.74, 6) is -0.127. The Hall–Kier alpha value is -2.84. The van der Waals surface area contributed by atoms with Crippen LogP contribution in [0.3, 0.4) is 0 Å². The molecule has 1 aliphatic rings. The number of carbonyl (C=O) groups is 2. The van der Waals surface area contributed by atoms with Gasteiger partial charge in [0.05, 0.1) is 11.7 Å². The fourth-order valence-electron chi connectivity index (χ4n) is 3.54. The fourth-order valence-corrected chi connectivity index (χ4v) is 4.93. The predicted molar refractivity (Wildman–Crippen MR) is 124 cm³/mol. The second kappa shape index (κ2) is 9.75. The molecule has 3 aromatic rings. The summed E-state index contributed by atoms with van der Waals surface area (Å²) in [4.78, 5) is 26.8. The molecule has 32 heavy (non-hydrogen) atoms. The first-order valence-electron chi connectivity index (χ1n) is 10.5. The summed E-state index contributed by atoms with van der Waals surface area (Å²) in [5, 5.41) is 8.32. The van der Waals surface area contributed by atoms with Crippen LogP contribution in [0.2, 0.25) is 5.02 Å². The first kappa shape index (κ1) is 22.4. The van der Waals surface area contributed by atoms with E-state index in [2.05, 4.69) is 10.4 Å². The SMILES string of the molecule is CC(C)OC(=O)c1c(NC(=O)c2ccn(COc3ccc(Cl)cc3)n2)sc2c1CCCC2. The van der Waals surface area contributed by atoms with E-state index in [0.717, 1.165) is 36.1 Å². The number of aryl methyl sites for hydroxylation is 1. The Labute approximate surface area is 195 Å². The van der Waals surface area contributed by atoms with Gasteiger partial charge in [-0.15, -0.1) is 11.3 Å². The number of nitrogens with one attached hydrogen (secondary N) is 1. The number of hydrogen-bond donors (Lipinski definition) is 1. The van der Waals surface area contributed by atoms with E-state index in [9.17, 15) is 9.59 Å². The minimum absolute atomic E-state index is 0.147. The van der Waals surface area contributed by atoms with Crippen LogP contribution in [0, 0.1) is 0 Å². The highest BCUT2D eigenvalue weighted by Gasteiger charge is 2.28. The Kier molecular flexibility index (Phi) is 6.81. The maximum atomic E-state index is 12.9. The molecular weight excluding hydrogens is 450 g/mol. The molecule has 0 atom stereocenters. The van der Waals surface area contributed by atoms with Gasteiger partial charge in [0, 0.05) is 16.1 Å². The Morgan fingerprint density at radius 2 is 1.94 bits per heavy atom. The maximum absolute atomic E-state index is 12.9. The summed E-state index contributed by atoms with van der Waals surface area (Å²) in [6, 6.07) is 8.61. The molecule has 0 saturated heterocycles. The Morgan fingerprint density at radius 3 is 2.69 bits per heavy atom. The van der Waals surface area contributed by atoms with Crippen molar-refractivity contribution in [1.29, 1.82) is 0 Å². The third-order valence-corrected chi connectivity index (χ3v) is 6.45. The van der Waals surface area contributed by atoms with E-state index in [0.29, 0.717) is 21.3 Å². The maximum Gasteiger partial charge on any atom is 0.341 e. The number of fused-ring (bicyclic) bond motifs is 1. The largest absolute Gasteiger partial charge is 0.471 e. The minimum atomic E-state index is -0.392. The second-order valence-corrected chi connectivity index (χ2v) is 9.33. The molecular formula is C23H24ClN3O4S. The van der Waals surface area contributed by atoms with Gasteiger partial charge in [-0.3, -0.25) is 4.79 Å². The number of anilines is 1. The summed E-state index contributed by atoms with van der Waals surface area (Å²) in [6.07, 6.45) is 5.27. The number of esters is 1. The molecule has 1 N–H and O–H groups in total. The van der Waals surface area contributed by atoms with E-state index in [1.54, 1.807) is 36.5 Å². The smallest absolute Gasteiger partial charge is 0.341 e. The summed E-state index contributed by atoms with van der Waals surface area (Å²) in [5.41, 5.74) is 1.72. The number of hydrogen-bond acceptors (Lipinski definition) is 6. The van der Waals surface area contributed by atoms with Gasteiger partial charge in [0.25, 0.3) is 5.91 Å². The number of amides is 1. The fraction of sp³-hybridized carbons (Fsp3) is 0.348. The van der Waals surface area contributed by atoms with Crippen molar-refractivity contribution in [3.63, 3.8) is 0 Å². The van der Waals surface area contributed by atoms with Gasteiger partial charge in [0.15, 0.2) is 12.4 Å². The lowest BCUT2D eigenvalue weighted by molar-refractivity contribution is 0.0378. The normalized spacial score (nSPS) is 13.0. The lowest BCUT2D eigenvalue weighted by Gasteiger charge is -2.14. The first-order valence-corrected chi connectivity index (χ1v) is 11.7. The third kappa shape index (κ3) is 5.14. The second-order valence-electron chi connectivity index (χ2n) is 7.79. The standard InChI is InChI=1S/C23H24ClN3O4S/c1-14(2)31-23(29)20-17-5-3-4-6-19(17)32-22(20)25-21(28)18-11-12-27(26-18)13-30-16-9-7-15(24)8-10-16/h7-12,14H,3-6,13H2,1-2H3,(H,25,28). The molecule has 0 fully saturated rings. The van der Waals surface area contributed by atoms with E-state index in [1.165, 1.54) is 16.0 Å². The van der Waals surface area contributed by atoms with Gasteiger partial charge < -0.3 is 14.8 Å². The molecule has 2 heterocycles. The van der Waals surface area contributed by atoms with Gasteiger partial charge in [0.2, 0.25) is 0 Å². The van der Waals surface area contributed by atoms with E-state index < -0.39 is 5.97 Å². The van der Waals surface area contributed by atoms with Crippen molar-refractivity contribution in [3.05, 3.63) is 63.2 Å². The molecule has 0 spiro atoms. The highest BCUT2D eigenvalue weighted by molar-refractivity contribution is 7.17. The van der Waals surface area contributed by atoms with Crippen LogP contribution < -0.4 is 10.1 Å². The van der Waals surface area contributed by atoms with Gasteiger partial charge in [0.1, 0.15) is 10.8 Å². The Bertz CT molecular complexity index is 1120. The van der Waals surface area contributed by atoms with Crippen LogP contribution in [0.1, 0.15) is 58.0 Å². The summed E-state index contributed by atoms with van der Waals surface area (Å²) in [7, 11) is 0. The van der Waals surface area contributed by atoms with Crippen LogP contribution in [-0.2, 0) is 24.3 Å². The van der Waals surface area contributed by atoms with Crippen molar-refractivity contribution in [3.8, 4) is 5.75 Å². The third-order valence-electron chi connectivity index (χ3n) is 5.00. The lowest BCUT2D eigenvalue weighted by Crippen LogP contribution is -2.18. The Morgan fingerprint density at radius 1 is 1.19 bits per heavy atom. The van der Waals surface area contributed by atoms with Gasteiger partial charge in [-0.05, 0) is 75.4 Å². The van der Waals surface area contributed by atoms with Gasteiger partial charge in [-0.2, -0.15) is 5.10 Å². The van der Waals surface area contributed by atoms with Crippen LogP contribution in [-0.4, -0.2) is 27.8 Å². The molecule has 1 aromatic carbocycles. The highest BCUT2D eigenvalue weighted by atomic mass is 35.5. The molecule has 2 aromatic heterocycles. The zero-order valence-corrected chi connectivity index (χ0v) is 19.5. The quantitative estimate of drug-likeness (QED) is 0.469. The van der Waals surface area contributed by atoms with Crippen molar-refractivity contribution in [2.24, 2.45) is 0 Å². The van der Waals surface area contributed by atoms with Crippen molar-refractivity contribution < 1.29 is 19.1 Å². The molecule has 0 unspecified atom stereocenters. The molecule has 1 amide bonds. The van der Waals surface area contributed by atoms with E-state index >= 15 is 0 Å². The molecule has 168 valence electrons. The van der Waals surface area contributed by atoms with E-state index in [1.807, 2.05) is 13.8 Å². The van der Waals surface area contributed by atoms with Crippen LogP contribution in [0.4, 0.5) is 5.00 Å². The molecule has 4 rings (SSSR count). The molecule has 0 aliphatic heterocycles. The zero-order chi connectivity index (χ0) is 22.7. The number of thiophene rings is 1.